The number of carbonyl (C=O) groups is 3. The molecule has 39 heavy (non-hydrogen) atoms. The molecule has 0 saturated carbocycles. The summed E-state index contributed by atoms with van der Waals surface area (Å²) in [6.07, 6.45) is 3.78. The van der Waals surface area contributed by atoms with Crippen molar-refractivity contribution in [1.82, 2.24) is 14.4 Å². The molecule has 3 heterocycles. The van der Waals surface area contributed by atoms with Gasteiger partial charge in [0.05, 0.1) is 31.3 Å². The van der Waals surface area contributed by atoms with E-state index in [0.717, 1.165) is 12.1 Å². The van der Waals surface area contributed by atoms with Crippen molar-refractivity contribution in [3.63, 3.8) is 0 Å². The number of piperidine rings is 1. The molecule has 1 aliphatic rings. The first-order valence-corrected chi connectivity index (χ1v) is 13.4. The summed E-state index contributed by atoms with van der Waals surface area (Å²) in [5.74, 6) is -0.198. The standard InChI is InChI=1S/C29H35FN4O5/c1-3-15-34(29(37)31-25-10-6-5-9-24(25)30)19-22-8-7-16-33(22)20-23-11-12-26(39-23)27(35)32-17-13-21(14-18-32)28(36)38-4-2/h5-12,16,21H,3-4,13-15,17-20H2,1-2H3,(H,31,37). The number of likely N-dealkylation sites (tertiary alicyclic amines) is 1. The summed E-state index contributed by atoms with van der Waals surface area (Å²) in [5, 5.41) is 2.66. The first-order chi connectivity index (χ1) is 18.9. The number of benzene rings is 1. The Morgan fingerprint density at radius 1 is 1.08 bits per heavy atom. The molecule has 1 fully saturated rings. The van der Waals surface area contributed by atoms with Gasteiger partial charge in [0.2, 0.25) is 0 Å². The number of halogens is 1. The quantitative estimate of drug-likeness (QED) is 0.361. The molecule has 1 N–H and O–H groups in total. The third-order valence-corrected chi connectivity index (χ3v) is 6.77. The molecule has 10 heteroatoms. The Bertz CT molecular complexity index is 1280. The molecule has 1 aromatic carbocycles. The lowest BCUT2D eigenvalue weighted by Gasteiger charge is -2.30. The highest BCUT2D eigenvalue weighted by atomic mass is 19.1. The molecule has 3 amide bonds. The van der Waals surface area contributed by atoms with Crippen molar-refractivity contribution in [3.8, 4) is 0 Å². The van der Waals surface area contributed by atoms with Crippen molar-refractivity contribution in [2.45, 2.75) is 46.2 Å². The van der Waals surface area contributed by atoms with E-state index < -0.39 is 5.82 Å². The summed E-state index contributed by atoms with van der Waals surface area (Å²) in [7, 11) is 0. The van der Waals surface area contributed by atoms with E-state index in [9.17, 15) is 18.8 Å². The number of aromatic nitrogens is 1. The lowest BCUT2D eigenvalue weighted by molar-refractivity contribution is -0.149. The van der Waals surface area contributed by atoms with Gasteiger partial charge in [0.1, 0.15) is 11.6 Å². The number of para-hydroxylation sites is 1. The molecule has 0 radical (unpaired) electrons. The van der Waals surface area contributed by atoms with Gasteiger partial charge in [0.25, 0.3) is 5.91 Å². The smallest absolute Gasteiger partial charge is 0.322 e. The van der Waals surface area contributed by atoms with E-state index in [1.165, 1.54) is 12.1 Å². The van der Waals surface area contributed by atoms with Crippen LogP contribution in [-0.4, -0.2) is 58.5 Å². The van der Waals surface area contributed by atoms with Gasteiger partial charge >= 0.3 is 12.0 Å². The lowest BCUT2D eigenvalue weighted by atomic mass is 9.97. The molecule has 2 aromatic heterocycles. The Kier molecular flexibility index (Phi) is 9.40. The number of nitrogens with zero attached hydrogens (tertiary/aromatic N) is 3. The van der Waals surface area contributed by atoms with E-state index in [0.29, 0.717) is 57.9 Å². The monoisotopic (exact) mass is 538 g/mol. The fourth-order valence-electron chi connectivity index (χ4n) is 4.70. The van der Waals surface area contributed by atoms with Crippen molar-refractivity contribution in [2.75, 3.05) is 31.6 Å². The molecule has 9 nitrogen and oxygen atoms in total. The Labute approximate surface area is 227 Å². The van der Waals surface area contributed by atoms with Gasteiger partial charge in [0, 0.05) is 31.5 Å². The Morgan fingerprint density at radius 2 is 1.85 bits per heavy atom. The highest BCUT2D eigenvalue weighted by Gasteiger charge is 2.29. The number of nitrogens with one attached hydrogen (secondary N) is 1. The van der Waals surface area contributed by atoms with Crippen LogP contribution >= 0.6 is 0 Å². The molecule has 0 bridgehead atoms. The minimum atomic E-state index is -0.489. The van der Waals surface area contributed by atoms with Crippen molar-refractivity contribution in [1.29, 1.82) is 0 Å². The lowest BCUT2D eigenvalue weighted by Crippen LogP contribution is -2.40. The maximum atomic E-state index is 14.0. The Morgan fingerprint density at radius 3 is 2.56 bits per heavy atom. The number of furan rings is 1. The number of amides is 3. The second-order valence-electron chi connectivity index (χ2n) is 9.54. The molecule has 0 aliphatic carbocycles. The van der Waals surface area contributed by atoms with Crippen LogP contribution in [0.3, 0.4) is 0 Å². The van der Waals surface area contributed by atoms with Crippen LogP contribution in [0.2, 0.25) is 0 Å². The Balaban J connectivity index is 1.36. The molecule has 0 unspecified atom stereocenters. The minimum absolute atomic E-state index is 0.136. The molecule has 1 aliphatic heterocycles. The number of hydrogen-bond acceptors (Lipinski definition) is 5. The van der Waals surface area contributed by atoms with E-state index in [4.69, 9.17) is 9.15 Å². The van der Waals surface area contributed by atoms with Gasteiger partial charge in [-0.2, -0.15) is 0 Å². The molecule has 0 atom stereocenters. The molecule has 0 spiro atoms. The highest BCUT2D eigenvalue weighted by molar-refractivity contribution is 5.91. The van der Waals surface area contributed by atoms with Crippen LogP contribution in [0.5, 0.6) is 0 Å². The fourth-order valence-corrected chi connectivity index (χ4v) is 4.70. The van der Waals surface area contributed by atoms with Crippen molar-refractivity contribution in [2.24, 2.45) is 5.92 Å². The van der Waals surface area contributed by atoms with Crippen LogP contribution < -0.4 is 5.32 Å². The van der Waals surface area contributed by atoms with E-state index >= 15 is 0 Å². The molecule has 1 saturated heterocycles. The second kappa shape index (κ2) is 13.1. The third-order valence-electron chi connectivity index (χ3n) is 6.77. The van der Waals surface area contributed by atoms with E-state index in [1.807, 2.05) is 29.8 Å². The summed E-state index contributed by atoms with van der Waals surface area (Å²) in [6, 6.07) is 12.9. The first-order valence-electron chi connectivity index (χ1n) is 13.4. The van der Waals surface area contributed by atoms with Gasteiger partial charge in [0.15, 0.2) is 5.76 Å². The van der Waals surface area contributed by atoms with Crippen LogP contribution in [0.1, 0.15) is 55.1 Å². The average molecular weight is 539 g/mol. The summed E-state index contributed by atoms with van der Waals surface area (Å²) in [6.45, 7) is 6.27. The van der Waals surface area contributed by atoms with E-state index in [-0.39, 0.29) is 35.3 Å². The molecule has 208 valence electrons. The van der Waals surface area contributed by atoms with Gasteiger partial charge < -0.3 is 28.8 Å². The zero-order valence-electron chi connectivity index (χ0n) is 22.4. The van der Waals surface area contributed by atoms with E-state index in [1.54, 1.807) is 41.0 Å². The molecular weight excluding hydrogens is 503 g/mol. The number of urea groups is 1. The van der Waals surface area contributed by atoms with Crippen molar-refractivity contribution < 1.29 is 27.9 Å². The number of hydrogen-bond donors (Lipinski definition) is 1. The van der Waals surface area contributed by atoms with Crippen LogP contribution in [0.25, 0.3) is 0 Å². The summed E-state index contributed by atoms with van der Waals surface area (Å²) < 4.78 is 27.0. The number of anilines is 1. The van der Waals surface area contributed by atoms with Crippen LogP contribution in [0.15, 0.2) is 59.1 Å². The van der Waals surface area contributed by atoms with Gasteiger partial charge in [-0.1, -0.05) is 19.1 Å². The SMILES string of the molecule is CCCN(Cc1cccn1Cc1ccc(C(=O)N2CCC(C(=O)OCC)CC2)o1)C(=O)Nc1ccccc1F. The van der Waals surface area contributed by atoms with Crippen molar-refractivity contribution in [3.05, 3.63) is 77.8 Å². The van der Waals surface area contributed by atoms with E-state index in [2.05, 4.69) is 5.32 Å². The molecular formula is C29H35FN4O5. The van der Waals surface area contributed by atoms with Crippen LogP contribution in [0.4, 0.5) is 14.9 Å². The van der Waals surface area contributed by atoms with Crippen LogP contribution in [-0.2, 0) is 22.6 Å². The first kappa shape index (κ1) is 27.9. The topological polar surface area (TPSA) is 97.0 Å². The average Bonchev–Trinajstić information content (AvgIpc) is 3.59. The largest absolute Gasteiger partial charge is 0.466 e. The Hall–Kier alpha value is -4.08. The minimum Gasteiger partial charge on any atom is -0.466 e. The second-order valence-corrected chi connectivity index (χ2v) is 9.54. The van der Waals surface area contributed by atoms with Gasteiger partial charge in [-0.25, -0.2) is 9.18 Å². The number of rotatable bonds is 10. The van der Waals surface area contributed by atoms with Gasteiger partial charge in [-0.15, -0.1) is 0 Å². The molecule has 3 aromatic rings. The summed E-state index contributed by atoms with van der Waals surface area (Å²) in [4.78, 5) is 41.2. The van der Waals surface area contributed by atoms with Gasteiger partial charge in [-0.05, 0) is 62.6 Å². The van der Waals surface area contributed by atoms with Crippen LogP contribution in [0, 0.1) is 11.7 Å². The van der Waals surface area contributed by atoms with Gasteiger partial charge in [-0.3, -0.25) is 9.59 Å². The fraction of sp³-hybridized carbons (Fsp3) is 0.414. The van der Waals surface area contributed by atoms with Crippen molar-refractivity contribution >= 4 is 23.6 Å². The predicted molar refractivity (Wildman–Crippen MR) is 144 cm³/mol. The zero-order chi connectivity index (χ0) is 27.8. The predicted octanol–water partition coefficient (Wildman–Crippen LogP) is 5.13. The zero-order valence-corrected chi connectivity index (χ0v) is 22.4. The summed E-state index contributed by atoms with van der Waals surface area (Å²) >= 11 is 0. The highest BCUT2D eigenvalue weighted by Crippen LogP contribution is 2.22. The maximum absolute atomic E-state index is 14.0. The molecule has 4 rings (SSSR count). The maximum Gasteiger partial charge on any atom is 0.322 e. The number of esters is 1. The normalized spacial score (nSPS) is 13.8. The number of ether oxygens (including phenoxy) is 1. The number of carbonyl (C=O) groups excluding carboxylic acids is 3. The summed E-state index contributed by atoms with van der Waals surface area (Å²) in [5.41, 5.74) is 1.01. The third kappa shape index (κ3) is 7.07.